The Morgan fingerprint density at radius 2 is 0.552 bits per heavy atom. The van der Waals surface area contributed by atoms with Crippen LogP contribution >= 0.6 is 57.5 Å². The lowest BCUT2D eigenvalue weighted by Crippen LogP contribution is -2.27. The molecule has 0 unspecified atom stereocenters. The Balaban J connectivity index is 0.000000174. The highest BCUT2D eigenvalue weighted by atomic mass is 35.5. The molecule has 0 aliphatic rings. The molecule has 0 aliphatic heterocycles. The quantitative estimate of drug-likeness (QED) is 0.0318. The number of nitrogens with one attached hydrogen (secondary N) is 14. The maximum Gasteiger partial charge on any atom is 0.225 e. The van der Waals surface area contributed by atoms with E-state index >= 15 is 0 Å². The number of aromatic nitrogens is 14. The number of nitrogens with zero attached hydrogens (tertiary/aromatic N) is 14. The minimum atomic E-state index is -0.471. The average Bonchev–Trinajstić information content (AvgIpc) is 1.67. The first-order valence-electron chi connectivity index (χ1n) is 47.7. The van der Waals surface area contributed by atoms with Gasteiger partial charge in [0.25, 0.3) is 0 Å². The van der Waals surface area contributed by atoms with Gasteiger partial charge in [-0.05, 0) is 333 Å². The van der Waals surface area contributed by atoms with E-state index in [1.807, 2.05) is 192 Å². The van der Waals surface area contributed by atoms with Gasteiger partial charge in [-0.3, -0.25) is 0 Å². The second kappa shape index (κ2) is 50.0. The number of aryl methyl sites for hydroxylation is 9. The summed E-state index contributed by atoms with van der Waals surface area (Å²) in [7, 11) is 0. The second-order valence-electron chi connectivity index (χ2n) is 42.2. The molecule has 16 rings (SSSR count). The van der Waals surface area contributed by atoms with Gasteiger partial charge in [0.05, 0.1) is 10.7 Å². The highest BCUT2D eigenvalue weighted by Gasteiger charge is 2.22. The van der Waals surface area contributed by atoms with Crippen LogP contribution in [0.3, 0.4) is 0 Å². The van der Waals surface area contributed by atoms with Gasteiger partial charge in [0.15, 0.2) is 0 Å². The van der Waals surface area contributed by atoms with Gasteiger partial charge in [-0.25, -0.2) is 39.3 Å². The first-order valence-corrected chi connectivity index (χ1v) is 50.6. The van der Waals surface area contributed by atoms with E-state index in [-0.39, 0.29) is 43.8 Å². The van der Waals surface area contributed by atoms with Gasteiger partial charge in [-0.2, -0.15) is 34.9 Å². The summed E-state index contributed by atoms with van der Waals surface area (Å²) in [5.74, 6) is 9.32. The first-order chi connectivity index (χ1) is 67.9. The molecule has 34 heteroatoms. The molecule has 0 bridgehead atoms. The van der Waals surface area contributed by atoms with Crippen LogP contribution in [-0.2, 0) is 0 Å². The summed E-state index contributed by atoms with van der Waals surface area (Å²) in [5, 5.41) is 54.3. The minimum Gasteiger partial charge on any atom is -0.350 e. The zero-order valence-electron chi connectivity index (χ0n) is 88.9. The largest absolute Gasteiger partial charge is 0.350 e. The van der Waals surface area contributed by atoms with Crippen LogP contribution in [0, 0.1) is 68.1 Å². The molecule has 9 heterocycles. The highest BCUT2D eigenvalue weighted by Crippen LogP contribution is 2.36. The summed E-state index contributed by atoms with van der Waals surface area (Å²) in [6.45, 7) is 61.5. The minimum absolute atomic E-state index is 0.0563. The SMILES string of the molecule is Cc1cc(Nc2nc(NC(C)(C)C)ncc2C)ccc1Cl.Cc1ccc(Nc2nc(NC(C)(C)C)ncc2C)cc1.Cc1cnc(NC(C)(C)C)nc1Nc1ccc(Cl)c(F)c1.Cc1cnc(NC(C)(C)C)nc1Nc1ccc2sccc2c1.Cc1cnc(NC(C)(C)C)nc1Nc1cccc(Cl)c1.Cc1cnc(NC(C)(C)C)nc1Nc1ccccc1.Cc1cnc(NC(C)(C)C)nc1Nc1csc2ccccc12. The fourth-order valence-corrected chi connectivity index (χ4v) is 14.9. The van der Waals surface area contributed by atoms with E-state index in [0.717, 1.165) is 119 Å². The summed E-state index contributed by atoms with van der Waals surface area (Å²) >= 11 is 21.2. The van der Waals surface area contributed by atoms with Crippen molar-refractivity contribution >= 4 is 200 Å². The van der Waals surface area contributed by atoms with Crippen LogP contribution in [0.25, 0.3) is 20.2 Å². The molecule has 0 amide bonds. The summed E-state index contributed by atoms with van der Waals surface area (Å²) in [4.78, 5) is 61.9. The van der Waals surface area contributed by atoms with E-state index < -0.39 is 5.82 Å². The maximum atomic E-state index is 13.5. The van der Waals surface area contributed by atoms with Crippen molar-refractivity contribution in [3.8, 4) is 0 Å². The normalized spacial score (nSPS) is 11.4. The van der Waals surface area contributed by atoms with Crippen molar-refractivity contribution in [2.75, 3.05) is 74.4 Å². The van der Waals surface area contributed by atoms with E-state index in [1.165, 1.54) is 37.9 Å². The van der Waals surface area contributed by atoms with Crippen molar-refractivity contribution in [1.82, 2.24) is 69.8 Å². The van der Waals surface area contributed by atoms with Crippen LogP contribution in [0.5, 0.6) is 0 Å². The lowest BCUT2D eigenvalue weighted by molar-refractivity contribution is 0.625. The molecule has 0 aliphatic carbocycles. The monoisotopic (exact) mass is 2050 g/mol. The molecule has 14 N–H and O–H groups in total. The number of hydrogen-bond donors (Lipinski definition) is 14. The van der Waals surface area contributed by atoms with E-state index in [1.54, 1.807) is 41.1 Å². The lowest BCUT2D eigenvalue weighted by Gasteiger charge is -2.21. The topological polar surface area (TPSA) is 349 Å². The Hall–Kier alpha value is -14.0. The van der Waals surface area contributed by atoms with Crippen LogP contribution in [0.1, 0.15) is 195 Å². The smallest absolute Gasteiger partial charge is 0.225 e. The molecule has 9 aromatic heterocycles. The van der Waals surface area contributed by atoms with Crippen LogP contribution in [0.4, 0.5) is 127 Å². The number of anilines is 21. The average molecular weight is 2060 g/mol. The van der Waals surface area contributed by atoms with Crippen LogP contribution in [0.2, 0.25) is 15.1 Å². The van der Waals surface area contributed by atoms with Gasteiger partial charge in [-0.15, -0.1) is 22.7 Å². The third kappa shape index (κ3) is 39.2. The van der Waals surface area contributed by atoms with E-state index in [9.17, 15) is 4.39 Å². The summed E-state index contributed by atoms with van der Waals surface area (Å²) in [6.07, 6.45) is 12.7. The zero-order chi connectivity index (χ0) is 106. The van der Waals surface area contributed by atoms with Crippen LogP contribution in [-0.4, -0.2) is 109 Å². The third-order valence-electron chi connectivity index (χ3n) is 19.7. The van der Waals surface area contributed by atoms with E-state index in [4.69, 9.17) is 34.8 Å². The fraction of sp³-hybridized carbons (Fsp3) is 0.333. The number of fused-ring (bicyclic) bond motifs is 2. The van der Waals surface area contributed by atoms with Gasteiger partial charge in [0.2, 0.25) is 41.6 Å². The van der Waals surface area contributed by atoms with Crippen molar-refractivity contribution in [2.45, 2.75) is 246 Å². The number of halogens is 4. The maximum absolute atomic E-state index is 13.5. The van der Waals surface area contributed by atoms with Gasteiger partial charge in [0, 0.05) is 185 Å². The van der Waals surface area contributed by atoms with E-state index in [0.29, 0.717) is 58.2 Å². The van der Waals surface area contributed by atoms with Crippen molar-refractivity contribution in [3.05, 3.63) is 289 Å². The van der Waals surface area contributed by atoms with Crippen molar-refractivity contribution < 1.29 is 4.39 Å². The van der Waals surface area contributed by atoms with E-state index in [2.05, 4.69) is 347 Å². The number of thiophene rings is 2. The lowest BCUT2D eigenvalue weighted by atomic mass is 10.1. The molecule has 0 saturated heterocycles. The van der Waals surface area contributed by atoms with Gasteiger partial charge >= 0.3 is 0 Å². The number of hydrogen-bond acceptors (Lipinski definition) is 30. The zero-order valence-corrected chi connectivity index (χ0v) is 92.8. The summed E-state index contributed by atoms with van der Waals surface area (Å²) < 4.78 is 16.0. The summed E-state index contributed by atoms with van der Waals surface area (Å²) in [6, 6.07) is 53.0. The second-order valence-corrected chi connectivity index (χ2v) is 45.3. The Morgan fingerprint density at radius 3 is 0.903 bits per heavy atom. The summed E-state index contributed by atoms with van der Waals surface area (Å²) in [5.41, 5.74) is 15.2. The third-order valence-corrected chi connectivity index (χ3v) is 22.5. The molecular formula is C111H140Cl3FN28S2. The molecule has 0 saturated carbocycles. The molecule has 764 valence electrons. The molecular weight excluding hydrogens is 1910 g/mol. The van der Waals surface area contributed by atoms with Crippen LogP contribution < -0.4 is 74.4 Å². The Labute approximate surface area is 877 Å². The fourth-order valence-electron chi connectivity index (χ4n) is 12.8. The molecule has 0 fully saturated rings. The Bertz CT molecular complexity index is 6840. The molecule has 16 aromatic rings. The number of para-hydroxylation sites is 1. The standard InChI is InChI=1S/2C17H20N4S.C16H21ClN4.C16H22N4.C15H18ClFN4.C15H19ClN4.C15H20N4/c1-11-10-18-16(21-17(2,3)4)20-15(11)19-13-5-6-14-12(9-13)7-8-22-14;1-11-9-18-16(21-17(2,3)4)20-15(11)19-13-10-22-14-8-6-5-7-12(13)14;1-10-8-12(6-7-13(10)17)19-14-11(2)9-18-15(20-14)21-16(3,4)5;1-11-6-8-13(9-7-11)18-14-12(2)10-17-15(19-14)20-16(3,4)5;1-9-8-18-14(21-15(2,3)4)20-13(9)19-10-5-6-11(16)12(17)7-10;1-10-9-17-14(20-15(2,3)4)19-13(10)18-12-7-5-6-11(16)8-12;1-11-10-16-14(19-15(2,3)4)18-13(11)17-12-8-6-5-7-9-12/h2*5-10H,1-4H3,(H2,18,19,20,21);6-9H,1-5H3,(H2,18,19,20,21);6-10H,1-5H3,(H2,17,18,19,20);5-8H,1-4H3,(H2,18,19,20,21);5-9H,1-4H3,(H2,17,18,19,20);5-10H,1-4H3,(H2,16,17,18,19). The number of rotatable bonds is 21. The number of benzene rings is 7. The Morgan fingerprint density at radius 1 is 0.255 bits per heavy atom. The molecule has 0 atom stereocenters. The molecule has 0 radical (unpaired) electrons. The Kier molecular flexibility index (Phi) is 39.0. The highest BCUT2D eigenvalue weighted by molar-refractivity contribution is 7.18. The molecule has 0 spiro atoms. The molecule has 7 aromatic carbocycles. The molecule has 145 heavy (non-hydrogen) atoms. The first kappa shape index (κ1) is 113. The van der Waals surface area contributed by atoms with Crippen molar-refractivity contribution in [3.63, 3.8) is 0 Å². The predicted molar refractivity (Wildman–Crippen MR) is 614 cm³/mol. The van der Waals surface area contributed by atoms with Gasteiger partial charge < -0.3 is 74.4 Å². The van der Waals surface area contributed by atoms with Gasteiger partial charge in [-0.1, -0.05) is 95.0 Å². The van der Waals surface area contributed by atoms with Gasteiger partial charge in [0.1, 0.15) is 46.5 Å². The van der Waals surface area contributed by atoms with Crippen molar-refractivity contribution in [2.24, 2.45) is 0 Å². The predicted octanol–water partition coefficient (Wildman–Crippen LogP) is 31.3. The van der Waals surface area contributed by atoms with Crippen LogP contribution in [0.15, 0.2) is 218 Å². The van der Waals surface area contributed by atoms with Crippen molar-refractivity contribution in [1.29, 1.82) is 0 Å². The molecule has 28 nitrogen and oxygen atoms in total.